The number of halogens is 1. The van der Waals surface area contributed by atoms with Crippen LogP contribution >= 0.6 is 15.9 Å². The minimum atomic E-state index is -3.95. The zero-order valence-electron chi connectivity index (χ0n) is 10.8. The number of primary sulfonamides is 1. The number of nitrogens with two attached hydrogens (primary N) is 1. The van der Waals surface area contributed by atoms with Crippen molar-refractivity contribution >= 4 is 31.9 Å². The van der Waals surface area contributed by atoms with Crippen LogP contribution in [-0.2, 0) is 14.8 Å². The Balaban J connectivity index is 3.00. The molecule has 110 valence electrons. The van der Waals surface area contributed by atoms with E-state index in [1.54, 1.807) is 13.0 Å². The van der Waals surface area contributed by atoms with Crippen molar-refractivity contribution in [3.63, 3.8) is 0 Å². The van der Waals surface area contributed by atoms with Crippen LogP contribution in [0.1, 0.15) is 5.56 Å². The highest BCUT2D eigenvalue weighted by Crippen LogP contribution is 2.30. The number of rotatable bonds is 6. The third-order valence-electron chi connectivity index (χ3n) is 2.30. The monoisotopic (exact) mass is 362 g/mol. The summed E-state index contributed by atoms with van der Waals surface area (Å²) in [5.41, 5.74) is 0.555. The van der Waals surface area contributed by atoms with E-state index in [0.29, 0.717) is 16.6 Å². The van der Waals surface area contributed by atoms with Crippen molar-refractivity contribution in [3.05, 3.63) is 34.8 Å². The lowest BCUT2D eigenvalue weighted by atomic mass is 10.2. The standard InChI is InChI=1S/C12H15BrN2O4S/c1-3-4-15-11(16)7-19-12-8(2)5-9(13)6-10(12)20(14,17)18/h3,5-6H,1,4,7H2,2H3,(H,15,16)(H2,14,17,18). The van der Waals surface area contributed by atoms with Crippen molar-refractivity contribution in [1.82, 2.24) is 5.32 Å². The number of hydrogen-bond donors (Lipinski definition) is 2. The van der Waals surface area contributed by atoms with Crippen molar-refractivity contribution in [2.24, 2.45) is 5.14 Å². The van der Waals surface area contributed by atoms with Crippen molar-refractivity contribution in [2.45, 2.75) is 11.8 Å². The molecule has 0 heterocycles. The Kier molecular flexibility index (Phi) is 5.73. The van der Waals surface area contributed by atoms with Gasteiger partial charge in [-0.15, -0.1) is 6.58 Å². The molecule has 0 bridgehead atoms. The van der Waals surface area contributed by atoms with Gasteiger partial charge in [0.2, 0.25) is 10.0 Å². The first-order valence-electron chi connectivity index (χ1n) is 5.59. The van der Waals surface area contributed by atoms with E-state index in [1.165, 1.54) is 12.1 Å². The molecule has 1 aromatic carbocycles. The minimum absolute atomic E-state index is 0.0736. The molecule has 0 aliphatic heterocycles. The van der Waals surface area contributed by atoms with Gasteiger partial charge >= 0.3 is 0 Å². The first-order valence-corrected chi connectivity index (χ1v) is 7.93. The van der Waals surface area contributed by atoms with Gasteiger partial charge in [-0.2, -0.15) is 0 Å². The highest BCUT2D eigenvalue weighted by atomic mass is 79.9. The maximum atomic E-state index is 11.5. The molecule has 1 rings (SSSR count). The molecule has 20 heavy (non-hydrogen) atoms. The molecule has 1 aromatic rings. The second kappa shape index (κ2) is 6.87. The average Bonchev–Trinajstić information content (AvgIpc) is 2.33. The van der Waals surface area contributed by atoms with E-state index < -0.39 is 10.0 Å². The third-order valence-corrected chi connectivity index (χ3v) is 3.68. The zero-order valence-corrected chi connectivity index (χ0v) is 13.3. The fraction of sp³-hybridized carbons (Fsp3) is 0.250. The number of hydrogen-bond acceptors (Lipinski definition) is 4. The van der Waals surface area contributed by atoms with Crippen molar-refractivity contribution in [2.75, 3.05) is 13.2 Å². The number of sulfonamides is 1. The molecule has 6 nitrogen and oxygen atoms in total. The van der Waals surface area contributed by atoms with Crippen LogP contribution < -0.4 is 15.2 Å². The van der Waals surface area contributed by atoms with Crippen LogP contribution in [0, 0.1) is 6.92 Å². The van der Waals surface area contributed by atoms with Crippen molar-refractivity contribution in [1.29, 1.82) is 0 Å². The first-order chi connectivity index (χ1) is 9.25. The van der Waals surface area contributed by atoms with Crippen LogP contribution in [0.4, 0.5) is 0 Å². The number of carbonyl (C=O) groups is 1. The number of amides is 1. The lowest BCUT2D eigenvalue weighted by Gasteiger charge is -2.13. The third kappa shape index (κ3) is 4.62. The Hall–Kier alpha value is -1.38. The van der Waals surface area contributed by atoms with Gasteiger partial charge in [0, 0.05) is 11.0 Å². The van der Waals surface area contributed by atoms with Crippen LogP contribution in [0.3, 0.4) is 0 Å². The van der Waals surface area contributed by atoms with E-state index in [9.17, 15) is 13.2 Å². The molecule has 8 heteroatoms. The smallest absolute Gasteiger partial charge is 0.258 e. The molecule has 0 saturated carbocycles. The zero-order chi connectivity index (χ0) is 15.3. The largest absolute Gasteiger partial charge is 0.482 e. The number of benzene rings is 1. The van der Waals surface area contributed by atoms with Crippen LogP contribution in [-0.4, -0.2) is 27.5 Å². The van der Waals surface area contributed by atoms with Gasteiger partial charge in [-0.05, 0) is 24.6 Å². The van der Waals surface area contributed by atoms with Crippen molar-refractivity contribution in [3.8, 4) is 5.75 Å². The summed E-state index contributed by atoms with van der Waals surface area (Å²) in [6, 6.07) is 3.00. The summed E-state index contributed by atoms with van der Waals surface area (Å²) >= 11 is 3.19. The van der Waals surface area contributed by atoms with E-state index in [-0.39, 0.29) is 23.2 Å². The summed E-state index contributed by atoms with van der Waals surface area (Å²) in [6.07, 6.45) is 1.53. The van der Waals surface area contributed by atoms with E-state index in [2.05, 4.69) is 27.8 Å². The number of ether oxygens (including phenoxy) is 1. The molecule has 0 spiro atoms. The topological polar surface area (TPSA) is 98.5 Å². The molecule has 0 aromatic heterocycles. The predicted molar refractivity (Wildman–Crippen MR) is 79.0 cm³/mol. The van der Waals surface area contributed by atoms with Gasteiger partial charge < -0.3 is 10.1 Å². The SMILES string of the molecule is C=CCNC(=O)COc1c(C)cc(Br)cc1S(N)(=O)=O. The van der Waals surface area contributed by atoms with E-state index in [1.807, 2.05) is 0 Å². The molecular weight excluding hydrogens is 348 g/mol. The molecule has 0 saturated heterocycles. The highest BCUT2D eigenvalue weighted by molar-refractivity contribution is 9.10. The van der Waals surface area contributed by atoms with Gasteiger partial charge in [0.15, 0.2) is 6.61 Å². The first kappa shape index (κ1) is 16.7. The van der Waals surface area contributed by atoms with Crippen LogP contribution in [0.15, 0.2) is 34.2 Å². The Morgan fingerprint density at radius 1 is 1.55 bits per heavy atom. The summed E-state index contributed by atoms with van der Waals surface area (Å²) in [4.78, 5) is 11.3. The normalized spacial score (nSPS) is 10.9. The fourth-order valence-electron chi connectivity index (χ4n) is 1.47. The van der Waals surface area contributed by atoms with Gasteiger partial charge in [0.1, 0.15) is 10.6 Å². The molecule has 0 radical (unpaired) electrons. The maximum absolute atomic E-state index is 11.5. The van der Waals surface area contributed by atoms with Gasteiger partial charge in [0.05, 0.1) is 0 Å². The van der Waals surface area contributed by atoms with Crippen molar-refractivity contribution < 1.29 is 17.9 Å². The van der Waals surface area contributed by atoms with Crippen LogP contribution in [0.2, 0.25) is 0 Å². The Morgan fingerprint density at radius 3 is 2.75 bits per heavy atom. The lowest BCUT2D eigenvalue weighted by molar-refractivity contribution is -0.122. The molecule has 0 aliphatic carbocycles. The number of carbonyl (C=O) groups excluding carboxylic acids is 1. The van der Waals surface area contributed by atoms with Gasteiger partial charge in [0.25, 0.3) is 5.91 Å². The quantitative estimate of drug-likeness (QED) is 0.739. The molecule has 3 N–H and O–H groups in total. The number of aryl methyl sites for hydroxylation is 1. The minimum Gasteiger partial charge on any atom is -0.482 e. The van der Waals surface area contributed by atoms with E-state index >= 15 is 0 Å². The van der Waals surface area contributed by atoms with Gasteiger partial charge in [-0.1, -0.05) is 22.0 Å². The van der Waals surface area contributed by atoms with E-state index in [4.69, 9.17) is 9.88 Å². The summed E-state index contributed by atoms with van der Waals surface area (Å²) in [5, 5.41) is 7.66. The molecular formula is C12H15BrN2O4S. The van der Waals surface area contributed by atoms with Gasteiger partial charge in [-0.25, -0.2) is 13.6 Å². The molecule has 0 atom stereocenters. The Morgan fingerprint density at radius 2 is 2.20 bits per heavy atom. The summed E-state index contributed by atoms with van der Waals surface area (Å²) in [6.45, 7) is 5.13. The van der Waals surface area contributed by atoms with Crippen LogP contribution in [0.25, 0.3) is 0 Å². The second-order valence-electron chi connectivity index (χ2n) is 3.98. The molecule has 0 fully saturated rings. The Bertz CT molecular complexity index is 629. The van der Waals surface area contributed by atoms with E-state index in [0.717, 1.165) is 0 Å². The average molecular weight is 363 g/mol. The lowest BCUT2D eigenvalue weighted by Crippen LogP contribution is -2.29. The molecule has 1 amide bonds. The summed E-state index contributed by atoms with van der Waals surface area (Å²) in [5.74, 6) is -0.308. The molecule has 0 aliphatic rings. The highest BCUT2D eigenvalue weighted by Gasteiger charge is 2.19. The van der Waals surface area contributed by atoms with Crippen LogP contribution in [0.5, 0.6) is 5.75 Å². The van der Waals surface area contributed by atoms with Gasteiger partial charge in [-0.3, -0.25) is 4.79 Å². The Labute approximate surface area is 126 Å². The fourth-order valence-corrected chi connectivity index (χ4v) is 2.96. The summed E-state index contributed by atoms with van der Waals surface area (Å²) < 4.78 is 28.9. The predicted octanol–water partition coefficient (Wildman–Crippen LogP) is 1.09. The second-order valence-corrected chi connectivity index (χ2v) is 6.42. The summed E-state index contributed by atoms with van der Waals surface area (Å²) in [7, 11) is -3.95. The molecule has 0 unspecified atom stereocenters. The number of nitrogens with one attached hydrogen (secondary N) is 1. The maximum Gasteiger partial charge on any atom is 0.258 e.